The van der Waals surface area contributed by atoms with Crippen LogP contribution in [0.5, 0.6) is 0 Å². The van der Waals surface area contributed by atoms with Crippen LogP contribution in [0.15, 0.2) is 30.3 Å². The van der Waals surface area contributed by atoms with Gasteiger partial charge in [0.1, 0.15) is 5.69 Å². The summed E-state index contributed by atoms with van der Waals surface area (Å²) in [6, 6.07) is 9.90. The zero-order valence-electron chi connectivity index (χ0n) is 11.0. The summed E-state index contributed by atoms with van der Waals surface area (Å²) in [6.07, 6.45) is 0. The standard InChI is InChI=1S/C14H16BrN3O/c1-10-7-13(17-18(10)2)14(19)16-9-12-5-3-11(8-15)4-6-12/h3-7H,8-9H2,1-2H3,(H,16,19). The molecule has 1 amide bonds. The molecule has 0 bridgehead atoms. The molecule has 1 N–H and O–H groups in total. The predicted octanol–water partition coefficient (Wildman–Crippen LogP) is 2.55. The second-order valence-corrected chi connectivity index (χ2v) is 4.99. The largest absolute Gasteiger partial charge is 0.347 e. The van der Waals surface area contributed by atoms with Crippen LogP contribution in [0.2, 0.25) is 0 Å². The number of hydrogen-bond acceptors (Lipinski definition) is 2. The molecular weight excluding hydrogens is 306 g/mol. The fourth-order valence-corrected chi connectivity index (χ4v) is 2.06. The van der Waals surface area contributed by atoms with Crippen molar-refractivity contribution < 1.29 is 4.79 Å². The molecule has 0 atom stereocenters. The molecular formula is C14H16BrN3O. The first-order valence-electron chi connectivity index (χ1n) is 6.03. The minimum Gasteiger partial charge on any atom is -0.347 e. The van der Waals surface area contributed by atoms with E-state index in [9.17, 15) is 4.79 Å². The van der Waals surface area contributed by atoms with Gasteiger partial charge in [0.25, 0.3) is 5.91 Å². The van der Waals surface area contributed by atoms with Crippen molar-refractivity contribution in [1.29, 1.82) is 0 Å². The molecule has 100 valence electrons. The molecule has 0 aliphatic carbocycles. The van der Waals surface area contributed by atoms with E-state index in [-0.39, 0.29) is 5.91 Å². The fourth-order valence-electron chi connectivity index (χ4n) is 1.69. The van der Waals surface area contributed by atoms with Crippen LogP contribution in [0.4, 0.5) is 0 Å². The van der Waals surface area contributed by atoms with Gasteiger partial charge in [0.2, 0.25) is 0 Å². The number of nitrogens with zero attached hydrogens (tertiary/aromatic N) is 2. The van der Waals surface area contributed by atoms with Crippen LogP contribution in [0.25, 0.3) is 0 Å². The third-order valence-corrected chi connectivity index (χ3v) is 3.62. The van der Waals surface area contributed by atoms with Crippen LogP contribution in [0, 0.1) is 6.92 Å². The van der Waals surface area contributed by atoms with E-state index in [4.69, 9.17) is 0 Å². The van der Waals surface area contributed by atoms with Crippen LogP contribution in [0.1, 0.15) is 27.3 Å². The smallest absolute Gasteiger partial charge is 0.272 e. The highest BCUT2D eigenvalue weighted by Gasteiger charge is 2.10. The molecule has 0 spiro atoms. The van der Waals surface area contributed by atoms with Gasteiger partial charge >= 0.3 is 0 Å². The highest BCUT2D eigenvalue weighted by molar-refractivity contribution is 9.08. The lowest BCUT2D eigenvalue weighted by atomic mass is 10.1. The van der Waals surface area contributed by atoms with Gasteiger partial charge in [-0.2, -0.15) is 5.10 Å². The van der Waals surface area contributed by atoms with Crippen molar-refractivity contribution in [2.75, 3.05) is 0 Å². The molecule has 2 rings (SSSR count). The molecule has 0 saturated heterocycles. The average Bonchev–Trinajstić information content (AvgIpc) is 2.77. The summed E-state index contributed by atoms with van der Waals surface area (Å²) in [4.78, 5) is 11.9. The van der Waals surface area contributed by atoms with Gasteiger partial charge < -0.3 is 5.32 Å². The molecule has 1 aromatic carbocycles. The number of aryl methyl sites for hydroxylation is 2. The van der Waals surface area contributed by atoms with Gasteiger partial charge in [-0.25, -0.2) is 0 Å². The Labute approximate surface area is 120 Å². The van der Waals surface area contributed by atoms with Gasteiger partial charge in [-0.05, 0) is 24.1 Å². The second kappa shape index (κ2) is 6.02. The molecule has 0 aliphatic heterocycles. The molecule has 5 heteroatoms. The number of alkyl halides is 1. The van der Waals surface area contributed by atoms with E-state index in [2.05, 4.69) is 26.3 Å². The lowest BCUT2D eigenvalue weighted by Crippen LogP contribution is -2.23. The van der Waals surface area contributed by atoms with Crippen molar-refractivity contribution in [2.24, 2.45) is 7.05 Å². The number of hydrogen-bond donors (Lipinski definition) is 1. The molecule has 4 nitrogen and oxygen atoms in total. The summed E-state index contributed by atoms with van der Waals surface area (Å²) in [6.45, 7) is 2.43. The normalized spacial score (nSPS) is 10.5. The topological polar surface area (TPSA) is 46.9 Å². The third kappa shape index (κ3) is 3.44. The Hall–Kier alpha value is -1.62. The number of carbonyl (C=O) groups excluding carboxylic acids is 1. The number of rotatable bonds is 4. The first-order chi connectivity index (χ1) is 9.10. The minimum atomic E-state index is -0.145. The Bertz CT molecular complexity index is 555. The third-order valence-electron chi connectivity index (χ3n) is 2.98. The highest BCUT2D eigenvalue weighted by atomic mass is 79.9. The first-order valence-corrected chi connectivity index (χ1v) is 7.15. The van der Waals surface area contributed by atoms with Crippen molar-refractivity contribution in [3.63, 3.8) is 0 Å². The van der Waals surface area contributed by atoms with Crippen molar-refractivity contribution in [3.05, 3.63) is 52.8 Å². The summed E-state index contributed by atoms with van der Waals surface area (Å²) in [7, 11) is 1.82. The summed E-state index contributed by atoms with van der Waals surface area (Å²) in [5.74, 6) is -0.145. The van der Waals surface area contributed by atoms with E-state index >= 15 is 0 Å². The lowest BCUT2D eigenvalue weighted by Gasteiger charge is -2.04. The Balaban J connectivity index is 1.96. The van der Waals surface area contributed by atoms with Gasteiger partial charge in [-0.1, -0.05) is 40.2 Å². The van der Waals surface area contributed by atoms with Gasteiger partial charge in [0.05, 0.1) is 0 Å². The quantitative estimate of drug-likeness (QED) is 0.880. The predicted molar refractivity (Wildman–Crippen MR) is 78.2 cm³/mol. The highest BCUT2D eigenvalue weighted by Crippen LogP contribution is 2.08. The number of aromatic nitrogens is 2. The van der Waals surface area contributed by atoms with Crippen LogP contribution >= 0.6 is 15.9 Å². The van der Waals surface area contributed by atoms with Crippen LogP contribution in [-0.4, -0.2) is 15.7 Å². The Morgan fingerprint density at radius 1 is 1.32 bits per heavy atom. The van der Waals surface area contributed by atoms with Gasteiger partial charge in [-0.15, -0.1) is 0 Å². The molecule has 19 heavy (non-hydrogen) atoms. The van der Waals surface area contributed by atoms with E-state index in [0.717, 1.165) is 16.6 Å². The van der Waals surface area contributed by atoms with Crippen LogP contribution in [-0.2, 0) is 18.9 Å². The molecule has 2 aromatic rings. The van der Waals surface area contributed by atoms with Crippen molar-refractivity contribution in [3.8, 4) is 0 Å². The summed E-state index contributed by atoms with van der Waals surface area (Å²) >= 11 is 3.40. The average molecular weight is 322 g/mol. The summed E-state index contributed by atoms with van der Waals surface area (Å²) in [5, 5.41) is 7.86. The molecule has 0 saturated carbocycles. The number of halogens is 1. The minimum absolute atomic E-state index is 0.145. The lowest BCUT2D eigenvalue weighted by molar-refractivity contribution is 0.0945. The SMILES string of the molecule is Cc1cc(C(=O)NCc2ccc(CBr)cc2)nn1C. The molecule has 0 radical (unpaired) electrons. The number of nitrogens with one attached hydrogen (secondary N) is 1. The molecule has 0 unspecified atom stereocenters. The van der Waals surface area contributed by atoms with Gasteiger partial charge in [-0.3, -0.25) is 9.48 Å². The zero-order chi connectivity index (χ0) is 13.8. The zero-order valence-corrected chi connectivity index (χ0v) is 12.6. The Morgan fingerprint density at radius 3 is 2.47 bits per heavy atom. The van der Waals surface area contributed by atoms with Crippen molar-refractivity contribution >= 4 is 21.8 Å². The number of carbonyl (C=O) groups is 1. The second-order valence-electron chi connectivity index (χ2n) is 4.43. The van der Waals surface area contributed by atoms with E-state index in [1.165, 1.54) is 5.56 Å². The summed E-state index contributed by atoms with van der Waals surface area (Å²) in [5.41, 5.74) is 3.71. The Kier molecular flexibility index (Phi) is 4.37. The summed E-state index contributed by atoms with van der Waals surface area (Å²) < 4.78 is 1.69. The van der Waals surface area contributed by atoms with Crippen molar-refractivity contribution in [2.45, 2.75) is 18.8 Å². The molecule has 1 aromatic heterocycles. The van der Waals surface area contributed by atoms with E-state index < -0.39 is 0 Å². The van der Waals surface area contributed by atoms with Crippen LogP contribution < -0.4 is 5.32 Å². The molecule has 0 aliphatic rings. The fraction of sp³-hybridized carbons (Fsp3) is 0.286. The number of benzene rings is 1. The first kappa shape index (κ1) is 13.8. The Morgan fingerprint density at radius 2 is 1.95 bits per heavy atom. The van der Waals surface area contributed by atoms with E-state index in [1.54, 1.807) is 10.7 Å². The molecule has 1 heterocycles. The number of amides is 1. The monoisotopic (exact) mass is 321 g/mol. The maximum Gasteiger partial charge on any atom is 0.272 e. The molecule has 0 fully saturated rings. The maximum atomic E-state index is 11.9. The van der Waals surface area contributed by atoms with Crippen molar-refractivity contribution in [1.82, 2.24) is 15.1 Å². The van der Waals surface area contributed by atoms with E-state index in [1.807, 2.05) is 38.2 Å². The van der Waals surface area contributed by atoms with E-state index in [0.29, 0.717) is 12.2 Å². The van der Waals surface area contributed by atoms with Gasteiger partial charge in [0.15, 0.2) is 0 Å². The van der Waals surface area contributed by atoms with Crippen LogP contribution in [0.3, 0.4) is 0 Å². The van der Waals surface area contributed by atoms with Gasteiger partial charge in [0, 0.05) is 24.6 Å². The maximum absolute atomic E-state index is 11.9.